The Kier molecular flexibility index (Phi) is 6.27. The quantitative estimate of drug-likeness (QED) is 0.850. The molecule has 0 bridgehead atoms. The van der Waals surface area contributed by atoms with E-state index in [1.807, 2.05) is 6.92 Å². The van der Waals surface area contributed by atoms with Crippen LogP contribution in [0.1, 0.15) is 32.6 Å². The summed E-state index contributed by atoms with van der Waals surface area (Å²) >= 11 is 11.9. The molecule has 1 aromatic carbocycles. The number of likely N-dealkylation sites (tertiary alicyclic amines) is 1. The summed E-state index contributed by atoms with van der Waals surface area (Å²) in [4.78, 5) is 26.5. The van der Waals surface area contributed by atoms with E-state index in [1.165, 1.54) is 0 Å². The first-order valence-corrected chi connectivity index (χ1v) is 8.51. The first-order valence-electron chi connectivity index (χ1n) is 7.75. The van der Waals surface area contributed by atoms with Gasteiger partial charge in [0.25, 0.3) is 0 Å². The summed E-state index contributed by atoms with van der Waals surface area (Å²) in [5.74, 6) is -0.397. The Balaban J connectivity index is 2.07. The largest absolute Gasteiger partial charge is 0.329 e. The third kappa shape index (κ3) is 4.59. The number of nitrogens with two attached hydrogens (primary N) is 1. The van der Waals surface area contributed by atoms with Crippen LogP contribution in [0.3, 0.4) is 0 Å². The number of anilines is 1. The van der Waals surface area contributed by atoms with Crippen LogP contribution in [0.25, 0.3) is 0 Å². The molecule has 5 nitrogen and oxygen atoms in total. The summed E-state index contributed by atoms with van der Waals surface area (Å²) in [6, 6.07) is 3.79. The lowest BCUT2D eigenvalue weighted by Gasteiger charge is -2.26. The zero-order chi connectivity index (χ0) is 17.0. The second kappa shape index (κ2) is 7.99. The SMILES string of the molecule is CCCC(N)C(=O)N1CCCC1C(=O)Nc1cc(Cl)cc(Cl)c1. The molecule has 0 radical (unpaired) electrons. The van der Waals surface area contributed by atoms with Crippen LogP contribution < -0.4 is 11.1 Å². The maximum Gasteiger partial charge on any atom is 0.247 e. The molecule has 2 amide bonds. The van der Waals surface area contributed by atoms with Crippen LogP contribution in [0, 0.1) is 0 Å². The van der Waals surface area contributed by atoms with Crippen LogP contribution in [0.2, 0.25) is 10.0 Å². The fraction of sp³-hybridized carbons (Fsp3) is 0.500. The third-order valence-electron chi connectivity index (χ3n) is 3.89. The first kappa shape index (κ1) is 18.0. The van der Waals surface area contributed by atoms with Gasteiger partial charge >= 0.3 is 0 Å². The molecule has 0 aliphatic carbocycles. The Hall–Kier alpha value is -1.30. The molecule has 2 atom stereocenters. The normalized spacial score (nSPS) is 18.8. The van der Waals surface area contributed by atoms with Gasteiger partial charge in [-0.05, 0) is 37.5 Å². The number of amides is 2. The van der Waals surface area contributed by atoms with Crippen molar-refractivity contribution in [2.24, 2.45) is 5.73 Å². The van der Waals surface area contributed by atoms with Crippen LogP contribution in [0.4, 0.5) is 5.69 Å². The number of hydrogen-bond donors (Lipinski definition) is 2. The van der Waals surface area contributed by atoms with E-state index in [1.54, 1.807) is 23.1 Å². The van der Waals surface area contributed by atoms with Crippen molar-refractivity contribution >= 4 is 40.7 Å². The lowest BCUT2D eigenvalue weighted by atomic mass is 10.1. The molecule has 23 heavy (non-hydrogen) atoms. The van der Waals surface area contributed by atoms with Crippen molar-refractivity contribution in [3.8, 4) is 0 Å². The molecule has 1 aliphatic rings. The maximum absolute atomic E-state index is 12.5. The van der Waals surface area contributed by atoms with Crippen molar-refractivity contribution in [2.75, 3.05) is 11.9 Å². The van der Waals surface area contributed by atoms with Crippen molar-refractivity contribution in [1.29, 1.82) is 0 Å². The van der Waals surface area contributed by atoms with Gasteiger partial charge in [-0.1, -0.05) is 36.5 Å². The van der Waals surface area contributed by atoms with E-state index in [9.17, 15) is 9.59 Å². The summed E-state index contributed by atoms with van der Waals surface area (Å²) in [5, 5.41) is 3.66. The molecule has 0 aromatic heterocycles. The number of carbonyl (C=O) groups is 2. The molecule has 7 heteroatoms. The predicted molar refractivity (Wildman–Crippen MR) is 92.7 cm³/mol. The van der Waals surface area contributed by atoms with E-state index in [0.717, 1.165) is 12.8 Å². The maximum atomic E-state index is 12.5. The Morgan fingerprint density at radius 3 is 2.61 bits per heavy atom. The van der Waals surface area contributed by atoms with Crippen LogP contribution in [0.15, 0.2) is 18.2 Å². The third-order valence-corrected chi connectivity index (χ3v) is 4.32. The molecule has 1 heterocycles. The smallest absolute Gasteiger partial charge is 0.247 e. The van der Waals surface area contributed by atoms with Gasteiger partial charge in [0.1, 0.15) is 6.04 Å². The molecule has 2 unspecified atom stereocenters. The molecule has 126 valence electrons. The van der Waals surface area contributed by atoms with Crippen LogP contribution in [-0.4, -0.2) is 35.3 Å². The summed E-state index contributed by atoms with van der Waals surface area (Å²) < 4.78 is 0. The fourth-order valence-electron chi connectivity index (χ4n) is 2.80. The zero-order valence-corrected chi connectivity index (χ0v) is 14.5. The van der Waals surface area contributed by atoms with Crippen LogP contribution >= 0.6 is 23.2 Å². The van der Waals surface area contributed by atoms with Crippen molar-refractivity contribution in [1.82, 2.24) is 4.90 Å². The summed E-state index contributed by atoms with van der Waals surface area (Å²) in [6.07, 6.45) is 2.87. The molecular formula is C16H21Cl2N3O2. The van der Waals surface area contributed by atoms with Crippen molar-refractivity contribution in [3.05, 3.63) is 28.2 Å². The Labute approximate surface area is 146 Å². The van der Waals surface area contributed by atoms with Crippen molar-refractivity contribution < 1.29 is 9.59 Å². The summed E-state index contributed by atoms with van der Waals surface area (Å²) in [6.45, 7) is 2.54. The Bertz CT molecular complexity index is 574. The van der Waals surface area contributed by atoms with Gasteiger partial charge in [0.2, 0.25) is 11.8 Å². The Morgan fingerprint density at radius 1 is 1.35 bits per heavy atom. The number of benzene rings is 1. The van der Waals surface area contributed by atoms with E-state index < -0.39 is 12.1 Å². The second-order valence-electron chi connectivity index (χ2n) is 5.73. The standard InChI is InChI=1S/C16H21Cl2N3O2/c1-2-4-13(19)16(23)21-6-3-5-14(21)15(22)20-12-8-10(17)7-11(18)9-12/h7-9,13-14H,2-6,19H2,1H3,(H,20,22). The van der Waals surface area contributed by atoms with E-state index in [-0.39, 0.29) is 11.8 Å². The molecular weight excluding hydrogens is 337 g/mol. The zero-order valence-electron chi connectivity index (χ0n) is 13.0. The number of carbonyl (C=O) groups excluding carboxylic acids is 2. The number of nitrogens with one attached hydrogen (secondary N) is 1. The minimum absolute atomic E-state index is 0.159. The first-order chi connectivity index (χ1) is 10.9. The molecule has 3 N–H and O–H groups in total. The molecule has 1 saturated heterocycles. The molecule has 1 fully saturated rings. The molecule has 1 aromatic rings. The highest BCUT2D eigenvalue weighted by molar-refractivity contribution is 6.35. The number of hydrogen-bond acceptors (Lipinski definition) is 3. The van der Waals surface area contributed by atoms with Gasteiger partial charge in [-0.25, -0.2) is 0 Å². The topological polar surface area (TPSA) is 75.4 Å². The van der Waals surface area contributed by atoms with E-state index in [0.29, 0.717) is 35.1 Å². The minimum Gasteiger partial charge on any atom is -0.329 e. The summed E-state index contributed by atoms with van der Waals surface area (Å²) in [5.41, 5.74) is 6.42. The average molecular weight is 358 g/mol. The number of rotatable bonds is 5. The van der Waals surface area contributed by atoms with Gasteiger partial charge in [0.05, 0.1) is 6.04 Å². The summed E-state index contributed by atoms with van der Waals surface area (Å²) in [7, 11) is 0. The molecule has 2 rings (SSSR count). The molecule has 0 saturated carbocycles. The minimum atomic E-state index is -0.547. The second-order valence-corrected chi connectivity index (χ2v) is 6.61. The van der Waals surface area contributed by atoms with Gasteiger partial charge in [0.15, 0.2) is 0 Å². The van der Waals surface area contributed by atoms with Gasteiger partial charge in [-0.2, -0.15) is 0 Å². The fourth-order valence-corrected chi connectivity index (χ4v) is 3.33. The van der Waals surface area contributed by atoms with E-state index in [4.69, 9.17) is 28.9 Å². The predicted octanol–water partition coefficient (Wildman–Crippen LogP) is 3.05. The van der Waals surface area contributed by atoms with Gasteiger partial charge < -0.3 is 16.0 Å². The average Bonchev–Trinajstić information content (AvgIpc) is 2.95. The van der Waals surface area contributed by atoms with E-state index in [2.05, 4.69) is 5.32 Å². The number of halogens is 2. The number of nitrogens with zero attached hydrogens (tertiary/aromatic N) is 1. The van der Waals surface area contributed by atoms with Crippen LogP contribution in [0.5, 0.6) is 0 Å². The van der Waals surface area contributed by atoms with Gasteiger partial charge in [-0.15, -0.1) is 0 Å². The highest BCUT2D eigenvalue weighted by atomic mass is 35.5. The monoisotopic (exact) mass is 357 g/mol. The molecule has 0 spiro atoms. The lowest BCUT2D eigenvalue weighted by Crippen LogP contribution is -2.49. The van der Waals surface area contributed by atoms with Crippen molar-refractivity contribution in [3.63, 3.8) is 0 Å². The lowest BCUT2D eigenvalue weighted by molar-refractivity contribution is -0.137. The highest BCUT2D eigenvalue weighted by Crippen LogP contribution is 2.25. The van der Waals surface area contributed by atoms with Gasteiger partial charge in [0, 0.05) is 22.3 Å². The van der Waals surface area contributed by atoms with Gasteiger partial charge in [-0.3, -0.25) is 9.59 Å². The van der Waals surface area contributed by atoms with Crippen molar-refractivity contribution in [2.45, 2.75) is 44.7 Å². The molecule has 1 aliphatic heterocycles. The highest BCUT2D eigenvalue weighted by Gasteiger charge is 2.35. The van der Waals surface area contributed by atoms with E-state index >= 15 is 0 Å². The van der Waals surface area contributed by atoms with Crippen LogP contribution in [-0.2, 0) is 9.59 Å². The Morgan fingerprint density at radius 2 is 2.00 bits per heavy atom.